The van der Waals surface area contributed by atoms with Crippen LogP contribution in [0.4, 0.5) is 5.82 Å². The summed E-state index contributed by atoms with van der Waals surface area (Å²) in [5, 5.41) is 11.9. The minimum atomic E-state index is -0.457. The molecular weight excluding hydrogens is 306 g/mol. The number of allylic oxidation sites excluding steroid dienone is 1. The highest BCUT2D eigenvalue weighted by Crippen LogP contribution is 2.39. The standard InChI is InChI=1S/C17H21N5O2/c1-4-8-24-12(3)13-11(2)21-14(15(19)22-13)16(23)20-10-17(9-18)6-5-7-17/h4,8H,3,5-7,10H2,1-2H3,(H2,19,22)(H,20,23)/b8-4-. The first-order valence-corrected chi connectivity index (χ1v) is 7.73. The molecule has 1 fully saturated rings. The lowest BCUT2D eigenvalue weighted by Gasteiger charge is -2.35. The van der Waals surface area contributed by atoms with Crippen LogP contribution < -0.4 is 11.1 Å². The zero-order chi connectivity index (χ0) is 17.7. The number of nitrogen functional groups attached to an aromatic ring is 1. The Morgan fingerprint density at radius 1 is 1.50 bits per heavy atom. The fraction of sp³-hybridized carbons (Fsp3) is 0.412. The van der Waals surface area contributed by atoms with Crippen LogP contribution in [0.3, 0.4) is 0 Å². The van der Waals surface area contributed by atoms with Crippen LogP contribution in [-0.4, -0.2) is 22.4 Å². The topological polar surface area (TPSA) is 114 Å². The van der Waals surface area contributed by atoms with E-state index >= 15 is 0 Å². The number of aromatic nitrogens is 2. The van der Waals surface area contributed by atoms with Gasteiger partial charge in [-0.05, 0) is 26.7 Å². The molecule has 0 radical (unpaired) electrons. The van der Waals surface area contributed by atoms with E-state index in [1.54, 1.807) is 13.0 Å². The molecule has 0 spiro atoms. The van der Waals surface area contributed by atoms with Crippen LogP contribution >= 0.6 is 0 Å². The smallest absolute Gasteiger partial charge is 0.273 e. The van der Waals surface area contributed by atoms with Gasteiger partial charge in [-0.25, -0.2) is 9.97 Å². The number of anilines is 1. The van der Waals surface area contributed by atoms with Crippen molar-refractivity contribution in [3.8, 4) is 6.07 Å². The Labute approximate surface area is 141 Å². The van der Waals surface area contributed by atoms with Gasteiger partial charge in [0.1, 0.15) is 11.5 Å². The number of amides is 1. The second-order valence-electron chi connectivity index (χ2n) is 5.83. The maximum Gasteiger partial charge on any atom is 0.273 e. The van der Waals surface area contributed by atoms with Crippen molar-refractivity contribution in [3.63, 3.8) is 0 Å². The molecule has 1 saturated carbocycles. The molecule has 126 valence electrons. The summed E-state index contributed by atoms with van der Waals surface area (Å²) in [4.78, 5) is 20.7. The fourth-order valence-corrected chi connectivity index (χ4v) is 2.43. The van der Waals surface area contributed by atoms with Gasteiger partial charge < -0.3 is 15.8 Å². The zero-order valence-corrected chi connectivity index (χ0v) is 13.9. The SMILES string of the molecule is C=C(O/C=C\C)c1nc(N)c(C(=O)NCC2(C#N)CCC2)nc1C. The average molecular weight is 327 g/mol. The summed E-state index contributed by atoms with van der Waals surface area (Å²) in [6.07, 6.45) is 5.79. The molecule has 1 aromatic heterocycles. The van der Waals surface area contributed by atoms with Gasteiger partial charge in [-0.1, -0.05) is 19.1 Å². The molecule has 24 heavy (non-hydrogen) atoms. The second-order valence-corrected chi connectivity index (χ2v) is 5.83. The van der Waals surface area contributed by atoms with Gasteiger partial charge in [-0.2, -0.15) is 5.26 Å². The maximum absolute atomic E-state index is 12.3. The Morgan fingerprint density at radius 3 is 2.75 bits per heavy atom. The van der Waals surface area contributed by atoms with Crippen molar-refractivity contribution in [2.75, 3.05) is 12.3 Å². The largest absolute Gasteiger partial charge is 0.464 e. The number of nitrogens with zero attached hydrogens (tertiary/aromatic N) is 3. The van der Waals surface area contributed by atoms with Crippen molar-refractivity contribution >= 4 is 17.5 Å². The quantitative estimate of drug-likeness (QED) is 0.775. The number of nitrogens with two attached hydrogens (primary N) is 1. The van der Waals surface area contributed by atoms with E-state index in [2.05, 4.69) is 27.9 Å². The van der Waals surface area contributed by atoms with E-state index in [9.17, 15) is 10.1 Å². The molecule has 7 nitrogen and oxygen atoms in total. The Bertz CT molecular complexity index is 729. The minimum absolute atomic E-state index is 0.00190. The Kier molecular flexibility index (Phi) is 5.19. The molecule has 3 N–H and O–H groups in total. The van der Waals surface area contributed by atoms with Crippen LogP contribution in [0.1, 0.15) is 48.1 Å². The molecule has 0 aliphatic heterocycles. The van der Waals surface area contributed by atoms with Crippen molar-refractivity contribution < 1.29 is 9.53 Å². The summed E-state index contributed by atoms with van der Waals surface area (Å²) in [6, 6.07) is 2.27. The summed E-state index contributed by atoms with van der Waals surface area (Å²) in [5.74, 6) is -0.135. The highest BCUT2D eigenvalue weighted by molar-refractivity contribution is 5.96. The van der Waals surface area contributed by atoms with E-state index in [1.807, 2.05) is 6.92 Å². The third-order valence-electron chi connectivity index (χ3n) is 4.06. The highest BCUT2D eigenvalue weighted by atomic mass is 16.5. The van der Waals surface area contributed by atoms with Crippen molar-refractivity contribution in [1.29, 1.82) is 5.26 Å². The number of hydrogen-bond donors (Lipinski definition) is 2. The van der Waals surface area contributed by atoms with Crippen LogP contribution in [-0.2, 0) is 4.74 Å². The number of ether oxygens (including phenoxy) is 1. The van der Waals surface area contributed by atoms with Crippen LogP contribution in [0, 0.1) is 23.7 Å². The van der Waals surface area contributed by atoms with Gasteiger partial charge in [-0.15, -0.1) is 0 Å². The van der Waals surface area contributed by atoms with Crippen LogP contribution in [0.15, 0.2) is 18.9 Å². The van der Waals surface area contributed by atoms with Crippen molar-refractivity contribution in [3.05, 3.63) is 36.0 Å². The first-order chi connectivity index (χ1) is 11.4. The number of rotatable bonds is 6. The highest BCUT2D eigenvalue weighted by Gasteiger charge is 2.37. The second kappa shape index (κ2) is 7.13. The Balaban J connectivity index is 2.13. The molecule has 0 aromatic carbocycles. The van der Waals surface area contributed by atoms with Crippen molar-refractivity contribution in [1.82, 2.24) is 15.3 Å². The molecule has 1 aromatic rings. The van der Waals surface area contributed by atoms with E-state index < -0.39 is 11.3 Å². The summed E-state index contributed by atoms with van der Waals surface area (Å²) in [6.45, 7) is 7.57. The number of hydrogen-bond acceptors (Lipinski definition) is 6. The van der Waals surface area contributed by atoms with Crippen molar-refractivity contribution in [2.45, 2.75) is 33.1 Å². The maximum atomic E-state index is 12.3. The lowest BCUT2D eigenvalue weighted by atomic mass is 9.70. The van der Waals surface area contributed by atoms with E-state index in [0.29, 0.717) is 23.7 Å². The van der Waals surface area contributed by atoms with Gasteiger partial charge in [0.25, 0.3) is 5.91 Å². The number of aryl methyl sites for hydroxylation is 1. The summed E-state index contributed by atoms with van der Waals surface area (Å²) in [5.41, 5.74) is 6.34. The van der Waals surface area contributed by atoms with E-state index in [1.165, 1.54) is 6.26 Å². The number of carbonyl (C=O) groups is 1. The first kappa shape index (κ1) is 17.5. The molecule has 1 heterocycles. The van der Waals surface area contributed by atoms with Crippen molar-refractivity contribution in [2.24, 2.45) is 5.41 Å². The third-order valence-corrected chi connectivity index (χ3v) is 4.06. The minimum Gasteiger partial charge on any atom is -0.464 e. The van der Waals surface area contributed by atoms with Gasteiger partial charge >= 0.3 is 0 Å². The Hall–Kier alpha value is -2.88. The van der Waals surface area contributed by atoms with Gasteiger partial charge in [0, 0.05) is 6.54 Å². The molecule has 1 amide bonds. The number of nitriles is 1. The normalized spacial score (nSPS) is 15.4. The molecule has 0 saturated heterocycles. The lowest BCUT2D eigenvalue weighted by molar-refractivity contribution is 0.0914. The number of nitrogens with one attached hydrogen (secondary N) is 1. The molecule has 0 bridgehead atoms. The number of carbonyl (C=O) groups excluding carboxylic acids is 1. The molecule has 0 unspecified atom stereocenters. The van der Waals surface area contributed by atoms with Crippen LogP contribution in [0.5, 0.6) is 0 Å². The third kappa shape index (κ3) is 3.54. The van der Waals surface area contributed by atoms with E-state index in [-0.39, 0.29) is 11.5 Å². The lowest BCUT2D eigenvalue weighted by Crippen LogP contribution is -2.41. The molecule has 7 heteroatoms. The Morgan fingerprint density at radius 2 is 2.21 bits per heavy atom. The summed E-state index contributed by atoms with van der Waals surface area (Å²) in [7, 11) is 0. The monoisotopic (exact) mass is 327 g/mol. The van der Waals surface area contributed by atoms with Gasteiger partial charge in [0.05, 0.1) is 23.4 Å². The average Bonchev–Trinajstić information content (AvgIpc) is 2.53. The zero-order valence-electron chi connectivity index (χ0n) is 13.9. The summed E-state index contributed by atoms with van der Waals surface area (Å²) < 4.78 is 5.27. The van der Waals surface area contributed by atoms with Crippen LogP contribution in [0.25, 0.3) is 5.76 Å². The molecule has 1 aliphatic carbocycles. The molecule has 2 rings (SSSR count). The molecular formula is C17H21N5O2. The predicted octanol–water partition coefficient (Wildman–Crippen LogP) is 2.31. The van der Waals surface area contributed by atoms with E-state index in [4.69, 9.17) is 10.5 Å². The van der Waals surface area contributed by atoms with Gasteiger partial charge in [0.2, 0.25) is 0 Å². The van der Waals surface area contributed by atoms with Crippen LogP contribution in [0.2, 0.25) is 0 Å². The van der Waals surface area contributed by atoms with Gasteiger partial charge in [0.15, 0.2) is 11.5 Å². The summed E-state index contributed by atoms with van der Waals surface area (Å²) >= 11 is 0. The predicted molar refractivity (Wildman–Crippen MR) is 90.3 cm³/mol. The molecule has 0 atom stereocenters. The van der Waals surface area contributed by atoms with Gasteiger partial charge in [-0.3, -0.25) is 4.79 Å². The van der Waals surface area contributed by atoms with E-state index in [0.717, 1.165) is 19.3 Å². The molecule has 1 aliphatic rings. The first-order valence-electron chi connectivity index (χ1n) is 7.73. The fourth-order valence-electron chi connectivity index (χ4n) is 2.43.